The van der Waals surface area contributed by atoms with Crippen molar-refractivity contribution >= 4 is 6.09 Å². The van der Waals surface area contributed by atoms with E-state index in [1.165, 1.54) is 0 Å². The molecule has 1 saturated heterocycles. The molecule has 4 N–H and O–H groups in total. The summed E-state index contributed by atoms with van der Waals surface area (Å²) in [7, 11) is 0. The number of carbonyl (C=O) groups is 1. The van der Waals surface area contributed by atoms with Gasteiger partial charge in [0.2, 0.25) is 0 Å². The molecule has 1 amide bonds. The molecule has 1 aliphatic rings. The average Bonchev–Trinajstić information content (AvgIpc) is 2.52. The molecule has 1 heterocycles. The van der Waals surface area contributed by atoms with Crippen molar-refractivity contribution in [3.8, 4) is 0 Å². The molecule has 2 rings (SSSR count). The molecule has 0 bridgehead atoms. The first-order chi connectivity index (χ1) is 9.74. The van der Waals surface area contributed by atoms with Gasteiger partial charge in [-0.15, -0.1) is 0 Å². The molecule has 5 heteroatoms. The highest BCUT2D eigenvalue weighted by atomic mass is 16.6. The molecule has 1 aromatic rings. The van der Waals surface area contributed by atoms with Crippen LogP contribution in [0.5, 0.6) is 0 Å². The van der Waals surface area contributed by atoms with Gasteiger partial charge in [0, 0.05) is 19.1 Å². The number of ether oxygens (including phenoxy) is 1. The topological polar surface area (TPSA) is 81.6 Å². The molecule has 0 radical (unpaired) electrons. The van der Waals surface area contributed by atoms with Gasteiger partial charge in [-0.1, -0.05) is 30.3 Å². The summed E-state index contributed by atoms with van der Waals surface area (Å²) in [6.07, 6.45) is 1.51. The van der Waals surface area contributed by atoms with Crippen LogP contribution in [0.25, 0.3) is 0 Å². The molecule has 110 valence electrons. The Morgan fingerprint density at radius 1 is 1.25 bits per heavy atom. The molecule has 0 spiro atoms. The van der Waals surface area contributed by atoms with Crippen LogP contribution in [0.1, 0.15) is 18.4 Å². The molecule has 2 unspecified atom stereocenters. The molecule has 0 saturated carbocycles. The van der Waals surface area contributed by atoms with E-state index in [0.29, 0.717) is 32.2 Å². The predicted molar refractivity (Wildman–Crippen MR) is 78.0 cm³/mol. The van der Waals surface area contributed by atoms with Crippen molar-refractivity contribution in [1.29, 1.82) is 0 Å². The van der Waals surface area contributed by atoms with Crippen molar-refractivity contribution in [2.24, 2.45) is 17.4 Å². The molecule has 0 aliphatic carbocycles. The summed E-state index contributed by atoms with van der Waals surface area (Å²) >= 11 is 0. The molecule has 2 atom stereocenters. The number of nitrogens with two attached hydrogens (primary N) is 2. The van der Waals surface area contributed by atoms with E-state index in [2.05, 4.69) is 0 Å². The van der Waals surface area contributed by atoms with Crippen LogP contribution in [0.4, 0.5) is 4.79 Å². The first-order valence-electron chi connectivity index (χ1n) is 7.12. The van der Waals surface area contributed by atoms with Gasteiger partial charge in [-0.3, -0.25) is 0 Å². The first kappa shape index (κ1) is 14.8. The molecule has 1 aromatic carbocycles. The molecule has 1 fully saturated rings. The van der Waals surface area contributed by atoms with Crippen LogP contribution in [0.15, 0.2) is 30.3 Å². The van der Waals surface area contributed by atoms with Gasteiger partial charge in [-0.25, -0.2) is 4.79 Å². The van der Waals surface area contributed by atoms with Crippen LogP contribution in [0.2, 0.25) is 0 Å². The normalized spacial score (nSPS) is 22.6. The highest BCUT2D eigenvalue weighted by molar-refractivity contribution is 5.68. The summed E-state index contributed by atoms with van der Waals surface area (Å²) < 4.78 is 5.37. The summed E-state index contributed by atoms with van der Waals surface area (Å²) in [6, 6.07) is 9.72. The number of carbonyl (C=O) groups excluding carboxylic acids is 1. The van der Waals surface area contributed by atoms with Crippen LogP contribution in [0.3, 0.4) is 0 Å². The highest BCUT2D eigenvalue weighted by Gasteiger charge is 2.31. The number of rotatable bonds is 4. The molecule has 1 aliphatic heterocycles. The van der Waals surface area contributed by atoms with E-state index in [0.717, 1.165) is 18.4 Å². The second kappa shape index (κ2) is 7.26. The summed E-state index contributed by atoms with van der Waals surface area (Å²) in [5, 5.41) is 0. The van der Waals surface area contributed by atoms with Crippen LogP contribution >= 0.6 is 0 Å². The molecule has 5 nitrogen and oxygen atoms in total. The second-order valence-electron chi connectivity index (χ2n) is 5.25. The Labute approximate surface area is 119 Å². The van der Waals surface area contributed by atoms with Gasteiger partial charge in [-0.2, -0.15) is 0 Å². The van der Waals surface area contributed by atoms with Gasteiger partial charge in [-0.05, 0) is 30.9 Å². The van der Waals surface area contributed by atoms with E-state index in [4.69, 9.17) is 16.2 Å². The van der Waals surface area contributed by atoms with Gasteiger partial charge >= 0.3 is 6.09 Å². The number of piperidine rings is 1. The monoisotopic (exact) mass is 277 g/mol. The number of hydrogen-bond acceptors (Lipinski definition) is 4. The first-order valence-corrected chi connectivity index (χ1v) is 7.12. The van der Waals surface area contributed by atoms with E-state index in [1.807, 2.05) is 30.3 Å². The van der Waals surface area contributed by atoms with E-state index in [9.17, 15) is 4.79 Å². The van der Waals surface area contributed by atoms with Crippen LogP contribution in [-0.4, -0.2) is 36.7 Å². The predicted octanol–water partition coefficient (Wildman–Crippen LogP) is 1.32. The summed E-state index contributed by atoms with van der Waals surface area (Å²) in [6.45, 7) is 2.09. The lowest BCUT2D eigenvalue weighted by molar-refractivity contribution is 0.0600. The lowest BCUT2D eigenvalue weighted by Crippen LogP contribution is -2.50. The smallest absolute Gasteiger partial charge is 0.410 e. The van der Waals surface area contributed by atoms with Crippen molar-refractivity contribution in [3.05, 3.63) is 35.9 Å². The molecular formula is C15H23N3O2. The lowest BCUT2D eigenvalue weighted by Gasteiger charge is -2.37. The van der Waals surface area contributed by atoms with E-state index < -0.39 is 0 Å². The number of amides is 1. The van der Waals surface area contributed by atoms with Crippen molar-refractivity contribution in [2.75, 3.05) is 19.6 Å². The van der Waals surface area contributed by atoms with E-state index >= 15 is 0 Å². The fourth-order valence-electron chi connectivity index (χ4n) is 2.61. The van der Waals surface area contributed by atoms with Crippen LogP contribution < -0.4 is 11.5 Å². The standard InChI is InChI=1S/C15H23N3O2/c16-9-13-6-7-18(14(8-13)10-17)15(19)20-11-12-4-2-1-3-5-12/h1-5,13-14H,6-11,16-17H2. The Kier molecular flexibility index (Phi) is 5.38. The van der Waals surface area contributed by atoms with Crippen molar-refractivity contribution in [3.63, 3.8) is 0 Å². The second-order valence-corrected chi connectivity index (χ2v) is 5.25. The average molecular weight is 277 g/mol. The third-order valence-corrected chi connectivity index (χ3v) is 3.87. The largest absolute Gasteiger partial charge is 0.445 e. The van der Waals surface area contributed by atoms with Crippen molar-refractivity contribution in [1.82, 2.24) is 4.90 Å². The molecular weight excluding hydrogens is 254 g/mol. The minimum Gasteiger partial charge on any atom is -0.445 e. The molecule has 0 aromatic heterocycles. The minimum absolute atomic E-state index is 0.0422. The zero-order valence-corrected chi connectivity index (χ0v) is 11.7. The maximum Gasteiger partial charge on any atom is 0.410 e. The van der Waals surface area contributed by atoms with Gasteiger partial charge in [0.1, 0.15) is 6.61 Å². The number of hydrogen-bond donors (Lipinski definition) is 2. The third-order valence-electron chi connectivity index (χ3n) is 3.87. The third kappa shape index (κ3) is 3.71. The summed E-state index contributed by atoms with van der Waals surface area (Å²) in [5.74, 6) is 0.460. The van der Waals surface area contributed by atoms with Crippen molar-refractivity contribution in [2.45, 2.75) is 25.5 Å². The fraction of sp³-hybridized carbons (Fsp3) is 0.533. The Morgan fingerprint density at radius 3 is 2.65 bits per heavy atom. The molecule has 20 heavy (non-hydrogen) atoms. The number of benzene rings is 1. The summed E-state index contributed by atoms with van der Waals surface area (Å²) in [4.78, 5) is 13.9. The summed E-state index contributed by atoms with van der Waals surface area (Å²) in [5.41, 5.74) is 12.5. The van der Waals surface area contributed by atoms with E-state index in [-0.39, 0.29) is 12.1 Å². The van der Waals surface area contributed by atoms with Gasteiger partial charge in [0.05, 0.1) is 0 Å². The highest BCUT2D eigenvalue weighted by Crippen LogP contribution is 2.22. The quantitative estimate of drug-likeness (QED) is 0.869. The maximum absolute atomic E-state index is 12.2. The van der Waals surface area contributed by atoms with Gasteiger partial charge in [0.25, 0.3) is 0 Å². The Balaban J connectivity index is 1.88. The Morgan fingerprint density at radius 2 is 2.00 bits per heavy atom. The fourth-order valence-corrected chi connectivity index (χ4v) is 2.61. The van der Waals surface area contributed by atoms with Crippen LogP contribution in [0, 0.1) is 5.92 Å². The Bertz CT molecular complexity index is 424. The zero-order chi connectivity index (χ0) is 14.4. The lowest BCUT2D eigenvalue weighted by atomic mass is 9.91. The maximum atomic E-state index is 12.2. The number of nitrogens with zero attached hydrogens (tertiary/aromatic N) is 1. The zero-order valence-electron chi connectivity index (χ0n) is 11.7. The van der Waals surface area contributed by atoms with Crippen LogP contribution in [-0.2, 0) is 11.3 Å². The van der Waals surface area contributed by atoms with E-state index in [1.54, 1.807) is 4.90 Å². The van der Waals surface area contributed by atoms with Gasteiger partial charge in [0.15, 0.2) is 0 Å². The van der Waals surface area contributed by atoms with Gasteiger partial charge < -0.3 is 21.1 Å². The van der Waals surface area contributed by atoms with Crippen molar-refractivity contribution < 1.29 is 9.53 Å². The Hall–Kier alpha value is -1.59. The SMILES string of the molecule is NCC1CCN(C(=O)OCc2ccccc2)C(CN)C1. The number of likely N-dealkylation sites (tertiary alicyclic amines) is 1. The minimum atomic E-state index is -0.278.